The Morgan fingerprint density at radius 3 is 2.68 bits per heavy atom. The van der Waals surface area contributed by atoms with Gasteiger partial charge in [-0.15, -0.1) is 0 Å². The number of aromatic hydroxyl groups is 1. The Balaban J connectivity index is 2.22. The number of phenolic OH excluding ortho intramolecular Hbond substituents is 1. The van der Waals surface area contributed by atoms with Crippen LogP contribution in [0.2, 0.25) is 0 Å². The molecule has 1 unspecified atom stereocenters. The molecular weight excluding hydrogens is 322 g/mol. The Bertz CT molecular complexity index is 795. The lowest BCUT2D eigenvalue weighted by molar-refractivity contribution is -0.129. The van der Waals surface area contributed by atoms with Gasteiger partial charge >= 0.3 is 0 Å². The molecule has 6 nitrogen and oxygen atoms in total. The van der Waals surface area contributed by atoms with E-state index in [9.17, 15) is 14.7 Å². The minimum Gasteiger partial charge on any atom is -0.504 e. The van der Waals surface area contributed by atoms with Gasteiger partial charge in [0.15, 0.2) is 17.3 Å². The van der Waals surface area contributed by atoms with Crippen LogP contribution >= 0.6 is 0 Å². The van der Waals surface area contributed by atoms with Crippen molar-refractivity contribution in [1.82, 2.24) is 4.90 Å². The van der Waals surface area contributed by atoms with Crippen molar-refractivity contribution >= 4 is 11.7 Å². The molecule has 0 saturated carbocycles. The first-order valence-corrected chi connectivity index (χ1v) is 8.06. The lowest BCUT2D eigenvalue weighted by Crippen LogP contribution is -2.31. The summed E-state index contributed by atoms with van der Waals surface area (Å²) in [6.07, 6.45) is 5.75. The minimum atomic E-state index is -0.597. The number of hydrogen-bond donors (Lipinski definition) is 1. The summed E-state index contributed by atoms with van der Waals surface area (Å²) < 4.78 is 10.5. The van der Waals surface area contributed by atoms with Gasteiger partial charge in [-0.2, -0.15) is 0 Å². The third-order valence-corrected chi connectivity index (χ3v) is 4.89. The highest BCUT2D eigenvalue weighted by molar-refractivity contribution is 6.04. The molecule has 1 aromatic rings. The number of carbonyl (C=O) groups excluding carboxylic acids is 2. The van der Waals surface area contributed by atoms with Gasteiger partial charge in [0.1, 0.15) is 0 Å². The molecule has 1 atom stereocenters. The topological polar surface area (TPSA) is 76.1 Å². The monoisotopic (exact) mass is 343 g/mol. The number of methoxy groups -OCH3 is 2. The number of phenols is 1. The van der Waals surface area contributed by atoms with E-state index in [0.29, 0.717) is 25.3 Å². The SMILES string of the molecule is COC1=CC2(C=CC1=O)CCN(C(C)=O)Cc1cc(O)c(OC)cc12. The highest BCUT2D eigenvalue weighted by Gasteiger charge is 2.38. The average molecular weight is 343 g/mol. The summed E-state index contributed by atoms with van der Waals surface area (Å²) >= 11 is 0. The molecule has 0 fully saturated rings. The van der Waals surface area contributed by atoms with Gasteiger partial charge in [0, 0.05) is 25.4 Å². The molecule has 1 N–H and O–H groups in total. The predicted molar refractivity (Wildman–Crippen MR) is 91.3 cm³/mol. The molecule has 0 bridgehead atoms. The van der Waals surface area contributed by atoms with Crippen molar-refractivity contribution in [2.75, 3.05) is 20.8 Å². The molecule has 3 rings (SSSR count). The van der Waals surface area contributed by atoms with Crippen LogP contribution in [0.25, 0.3) is 0 Å². The Morgan fingerprint density at radius 2 is 2.04 bits per heavy atom. The first kappa shape index (κ1) is 17.1. The van der Waals surface area contributed by atoms with Gasteiger partial charge in [-0.05, 0) is 41.8 Å². The van der Waals surface area contributed by atoms with Gasteiger partial charge in [0.05, 0.1) is 14.2 Å². The van der Waals surface area contributed by atoms with E-state index in [1.54, 1.807) is 23.1 Å². The number of amides is 1. The third kappa shape index (κ3) is 2.88. The Kier molecular flexibility index (Phi) is 4.29. The molecule has 1 aliphatic heterocycles. The standard InChI is InChI=1S/C19H21NO5/c1-12(21)20-7-6-19(5-4-15(22)18(10-19)25-3)14-9-17(24-2)16(23)8-13(14)11-20/h4-5,8-10,23H,6-7,11H2,1-3H3. The van der Waals surface area contributed by atoms with Crippen LogP contribution in [-0.2, 0) is 26.3 Å². The molecule has 1 aliphatic carbocycles. The van der Waals surface area contributed by atoms with Gasteiger partial charge in [-0.3, -0.25) is 9.59 Å². The summed E-state index contributed by atoms with van der Waals surface area (Å²) in [7, 11) is 2.96. The second-order valence-electron chi connectivity index (χ2n) is 6.32. The van der Waals surface area contributed by atoms with E-state index in [1.807, 2.05) is 6.08 Å². The number of hydrogen-bond acceptors (Lipinski definition) is 5. The molecule has 0 saturated heterocycles. The van der Waals surface area contributed by atoms with Crippen LogP contribution in [0.15, 0.2) is 36.1 Å². The van der Waals surface area contributed by atoms with Crippen LogP contribution in [0.1, 0.15) is 24.5 Å². The maximum atomic E-state index is 12.0. The van der Waals surface area contributed by atoms with E-state index in [4.69, 9.17) is 9.47 Å². The predicted octanol–water partition coefficient (Wildman–Crippen LogP) is 2.06. The number of carbonyl (C=O) groups is 2. The van der Waals surface area contributed by atoms with Crippen molar-refractivity contribution in [3.8, 4) is 11.5 Å². The molecule has 0 aromatic heterocycles. The number of ketones is 1. The fourth-order valence-electron chi connectivity index (χ4n) is 3.49. The largest absolute Gasteiger partial charge is 0.504 e. The van der Waals surface area contributed by atoms with Gasteiger partial charge < -0.3 is 19.5 Å². The third-order valence-electron chi connectivity index (χ3n) is 4.89. The second-order valence-corrected chi connectivity index (χ2v) is 6.32. The summed E-state index contributed by atoms with van der Waals surface area (Å²) in [5, 5.41) is 10.2. The van der Waals surface area contributed by atoms with E-state index in [0.717, 1.165) is 11.1 Å². The smallest absolute Gasteiger partial charge is 0.219 e. The van der Waals surface area contributed by atoms with Crippen LogP contribution in [0.5, 0.6) is 11.5 Å². The van der Waals surface area contributed by atoms with Crippen molar-refractivity contribution in [3.63, 3.8) is 0 Å². The van der Waals surface area contributed by atoms with Crippen LogP contribution in [-0.4, -0.2) is 42.5 Å². The lowest BCUT2D eigenvalue weighted by Gasteiger charge is -2.31. The van der Waals surface area contributed by atoms with Crippen molar-refractivity contribution in [3.05, 3.63) is 47.2 Å². The molecule has 6 heteroatoms. The van der Waals surface area contributed by atoms with Gasteiger partial charge in [-0.25, -0.2) is 0 Å². The van der Waals surface area contributed by atoms with Gasteiger partial charge in [0.2, 0.25) is 11.7 Å². The summed E-state index contributed by atoms with van der Waals surface area (Å²) in [6, 6.07) is 3.40. The van der Waals surface area contributed by atoms with Crippen molar-refractivity contribution in [1.29, 1.82) is 0 Å². The van der Waals surface area contributed by atoms with Gasteiger partial charge in [-0.1, -0.05) is 6.08 Å². The van der Waals surface area contributed by atoms with E-state index in [1.165, 1.54) is 27.2 Å². The maximum absolute atomic E-state index is 12.0. The summed E-state index contributed by atoms with van der Waals surface area (Å²) in [4.78, 5) is 25.7. The normalized spacial score (nSPS) is 22.3. The van der Waals surface area contributed by atoms with Crippen LogP contribution in [0.4, 0.5) is 0 Å². The second kappa shape index (κ2) is 6.27. The minimum absolute atomic E-state index is 0.0219. The zero-order chi connectivity index (χ0) is 18.2. The number of rotatable bonds is 2. The highest BCUT2D eigenvalue weighted by Crippen LogP contribution is 2.44. The molecule has 132 valence electrons. The first-order chi connectivity index (χ1) is 11.9. The number of allylic oxidation sites excluding steroid dienone is 3. The van der Waals surface area contributed by atoms with Crippen LogP contribution in [0, 0.1) is 0 Å². The Labute approximate surface area is 146 Å². The highest BCUT2D eigenvalue weighted by atomic mass is 16.5. The van der Waals surface area contributed by atoms with Crippen LogP contribution < -0.4 is 4.74 Å². The summed E-state index contributed by atoms with van der Waals surface area (Å²) in [5.74, 6) is 0.427. The van der Waals surface area contributed by atoms with Crippen molar-refractivity contribution in [2.24, 2.45) is 0 Å². The lowest BCUT2D eigenvalue weighted by atomic mass is 9.73. The molecule has 0 radical (unpaired) electrons. The average Bonchev–Trinajstić information content (AvgIpc) is 2.74. The van der Waals surface area contributed by atoms with E-state index < -0.39 is 5.41 Å². The van der Waals surface area contributed by atoms with E-state index in [2.05, 4.69) is 0 Å². The zero-order valence-electron chi connectivity index (χ0n) is 14.5. The summed E-state index contributed by atoms with van der Waals surface area (Å²) in [5.41, 5.74) is 1.11. The Morgan fingerprint density at radius 1 is 1.28 bits per heavy atom. The van der Waals surface area contributed by atoms with Crippen molar-refractivity contribution < 1.29 is 24.2 Å². The number of ether oxygens (including phenoxy) is 2. The number of nitrogens with zero attached hydrogens (tertiary/aromatic N) is 1. The van der Waals surface area contributed by atoms with E-state index >= 15 is 0 Å². The molecule has 25 heavy (non-hydrogen) atoms. The fourth-order valence-corrected chi connectivity index (χ4v) is 3.49. The quantitative estimate of drug-likeness (QED) is 0.889. The number of benzene rings is 1. The van der Waals surface area contributed by atoms with E-state index in [-0.39, 0.29) is 23.2 Å². The Hall–Kier alpha value is -2.76. The molecule has 1 spiro atoms. The molecule has 2 aliphatic rings. The van der Waals surface area contributed by atoms with Gasteiger partial charge in [0.25, 0.3) is 0 Å². The summed E-state index contributed by atoms with van der Waals surface area (Å²) in [6.45, 7) is 2.44. The van der Waals surface area contributed by atoms with Crippen LogP contribution in [0.3, 0.4) is 0 Å². The first-order valence-electron chi connectivity index (χ1n) is 8.06. The molecule has 1 amide bonds. The molecular formula is C19H21NO5. The fraction of sp³-hybridized carbons (Fsp3) is 0.368. The molecule has 1 heterocycles. The molecule has 1 aromatic carbocycles. The zero-order valence-corrected chi connectivity index (χ0v) is 14.5. The van der Waals surface area contributed by atoms with Crippen molar-refractivity contribution in [2.45, 2.75) is 25.3 Å². The maximum Gasteiger partial charge on any atom is 0.219 e. The number of fused-ring (bicyclic) bond motifs is 2.